The van der Waals surface area contributed by atoms with Crippen LogP contribution < -0.4 is 19.7 Å². The Morgan fingerprint density at radius 1 is 1.12 bits per heavy atom. The van der Waals surface area contributed by atoms with Crippen molar-refractivity contribution in [2.24, 2.45) is 0 Å². The third-order valence-corrected chi connectivity index (χ3v) is 5.78. The minimum absolute atomic E-state index is 0.0977. The molecule has 1 aromatic carbocycles. The summed E-state index contributed by atoms with van der Waals surface area (Å²) in [6.45, 7) is 8.90. The lowest BCUT2D eigenvalue weighted by molar-refractivity contribution is 0.289. The summed E-state index contributed by atoms with van der Waals surface area (Å²) >= 11 is 0. The molecule has 2 aromatic heterocycles. The molecule has 4 heterocycles. The van der Waals surface area contributed by atoms with E-state index in [1.165, 1.54) is 0 Å². The molecular weight excluding hydrogens is 404 g/mol. The van der Waals surface area contributed by atoms with E-state index in [-0.39, 0.29) is 5.54 Å². The molecule has 32 heavy (non-hydrogen) atoms. The van der Waals surface area contributed by atoms with Crippen molar-refractivity contribution < 1.29 is 9.47 Å². The second-order valence-electron chi connectivity index (χ2n) is 9.36. The van der Waals surface area contributed by atoms with Crippen LogP contribution in [0.4, 0.5) is 5.95 Å². The molecule has 1 saturated heterocycles. The summed E-state index contributed by atoms with van der Waals surface area (Å²) in [4.78, 5) is 11.7. The fraction of sp³-hybridized carbons (Fsp3) is 0.417. The van der Waals surface area contributed by atoms with Crippen molar-refractivity contribution in [3.63, 3.8) is 0 Å². The molecule has 166 valence electrons. The summed E-state index contributed by atoms with van der Waals surface area (Å²) in [6, 6.07) is 8.60. The van der Waals surface area contributed by atoms with Crippen LogP contribution in [0.15, 0.2) is 36.7 Å². The van der Waals surface area contributed by atoms with E-state index < -0.39 is 0 Å². The van der Waals surface area contributed by atoms with E-state index in [4.69, 9.17) is 14.5 Å². The van der Waals surface area contributed by atoms with Gasteiger partial charge in [0.25, 0.3) is 0 Å². The van der Waals surface area contributed by atoms with Gasteiger partial charge in [0.2, 0.25) is 17.7 Å². The second kappa shape index (κ2) is 8.02. The van der Waals surface area contributed by atoms with Gasteiger partial charge in [0.05, 0.1) is 18.9 Å². The standard InChI is InChI=1S/C24H28N6O2/c1-24(2,3)28-18-7-8-30(13-18)23-25-12-20-19-6-5-15(9-17(19)14-32-22(20)27-23)16-10-21(31-4)29-26-11-16/h5-6,9-12,18,28H,7-8,13-14H2,1-4H3. The third-order valence-electron chi connectivity index (χ3n) is 5.78. The summed E-state index contributed by atoms with van der Waals surface area (Å²) in [7, 11) is 1.59. The number of hydrogen-bond donors (Lipinski definition) is 1. The summed E-state index contributed by atoms with van der Waals surface area (Å²) in [5.41, 5.74) is 5.21. The third kappa shape index (κ3) is 4.10. The smallest absolute Gasteiger partial charge is 0.233 e. The molecule has 0 bridgehead atoms. The maximum atomic E-state index is 6.05. The van der Waals surface area contributed by atoms with Gasteiger partial charge in [-0.25, -0.2) is 4.98 Å². The van der Waals surface area contributed by atoms with Crippen LogP contribution in [0.1, 0.15) is 32.8 Å². The first-order valence-corrected chi connectivity index (χ1v) is 10.9. The topological polar surface area (TPSA) is 85.3 Å². The molecule has 8 nitrogen and oxygen atoms in total. The summed E-state index contributed by atoms with van der Waals surface area (Å²) < 4.78 is 11.2. The van der Waals surface area contributed by atoms with E-state index in [1.54, 1.807) is 13.3 Å². The van der Waals surface area contributed by atoms with Crippen LogP contribution in [0.2, 0.25) is 0 Å². The molecule has 0 saturated carbocycles. The van der Waals surface area contributed by atoms with Crippen LogP contribution in [0.25, 0.3) is 22.3 Å². The summed E-state index contributed by atoms with van der Waals surface area (Å²) in [5, 5.41) is 11.6. The van der Waals surface area contributed by atoms with Gasteiger partial charge in [0.1, 0.15) is 6.61 Å². The monoisotopic (exact) mass is 432 g/mol. The summed E-state index contributed by atoms with van der Waals surface area (Å²) in [6.07, 6.45) is 4.70. The number of ether oxygens (including phenoxy) is 2. The lowest BCUT2D eigenvalue weighted by Crippen LogP contribution is -2.45. The molecule has 5 rings (SSSR count). The molecule has 1 unspecified atom stereocenters. The minimum atomic E-state index is 0.0977. The first-order valence-electron chi connectivity index (χ1n) is 10.9. The quantitative estimate of drug-likeness (QED) is 0.671. The summed E-state index contributed by atoms with van der Waals surface area (Å²) in [5.74, 6) is 1.87. The van der Waals surface area contributed by atoms with Gasteiger partial charge in [-0.3, -0.25) is 0 Å². The van der Waals surface area contributed by atoms with Crippen molar-refractivity contribution in [2.45, 2.75) is 45.4 Å². The van der Waals surface area contributed by atoms with Gasteiger partial charge < -0.3 is 19.7 Å². The Hall–Kier alpha value is -3.26. The Morgan fingerprint density at radius 2 is 2.00 bits per heavy atom. The Balaban J connectivity index is 1.38. The molecule has 0 radical (unpaired) electrons. The number of fused-ring (bicyclic) bond motifs is 3. The maximum Gasteiger partial charge on any atom is 0.233 e. The number of methoxy groups -OCH3 is 1. The molecule has 2 aliphatic heterocycles. The van der Waals surface area contributed by atoms with Crippen LogP contribution >= 0.6 is 0 Å². The van der Waals surface area contributed by atoms with Gasteiger partial charge in [-0.05, 0) is 49.9 Å². The number of anilines is 1. The average Bonchev–Trinajstić information content (AvgIpc) is 3.25. The highest BCUT2D eigenvalue weighted by molar-refractivity contribution is 5.77. The molecule has 2 aliphatic rings. The fourth-order valence-corrected chi connectivity index (χ4v) is 4.38. The van der Waals surface area contributed by atoms with Crippen LogP contribution in [0.5, 0.6) is 11.8 Å². The number of nitrogens with zero attached hydrogens (tertiary/aromatic N) is 5. The molecule has 3 aromatic rings. The molecule has 0 spiro atoms. The molecule has 1 N–H and O–H groups in total. The number of benzene rings is 1. The Bertz CT molecular complexity index is 1140. The number of nitrogens with one attached hydrogen (secondary N) is 1. The molecule has 8 heteroatoms. The van der Waals surface area contributed by atoms with E-state index >= 15 is 0 Å². The normalized spacial score (nSPS) is 17.5. The van der Waals surface area contributed by atoms with Gasteiger partial charge in [0.15, 0.2) is 0 Å². The lowest BCUT2D eigenvalue weighted by Gasteiger charge is -2.26. The first kappa shape index (κ1) is 20.6. The highest BCUT2D eigenvalue weighted by Crippen LogP contribution is 2.38. The van der Waals surface area contributed by atoms with Gasteiger partial charge in [-0.15, -0.1) is 5.10 Å². The Kier molecular flexibility index (Phi) is 5.17. The maximum absolute atomic E-state index is 6.05. The minimum Gasteiger partial charge on any atom is -0.480 e. The van der Waals surface area contributed by atoms with E-state index in [1.807, 2.05) is 12.3 Å². The zero-order chi connectivity index (χ0) is 22.3. The highest BCUT2D eigenvalue weighted by Gasteiger charge is 2.29. The molecular formula is C24H28N6O2. The van der Waals surface area contributed by atoms with E-state index in [2.05, 4.69) is 64.4 Å². The lowest BCUT2D eigenvalue weighted by atomic mass is 9.96. The highest BCUT2D eigenvalue weighted by atomic mass is 16.5. The van der Waals surface area contributed by atoms with Crippen molar-refractivity contribution in [1.82, 2.24) is 25.5 Å². The van der Waals surface area contributed by atoms with Crippen LogP contribution in [0, 0.1) is 0 Å². The van der Waals surface area contributed by atoms with E-state index in [0.29, 0.717) is 24.4 Å². The SMILES string of the molecule is COc1cc(-c2ccc3c(c2)COc2nc(N4CCC(NC(C)(C)C)C4)ncc2-3)cnn1. The van der Waals surface area contributed by atoms with Crippen molar-refractivity contribution in [1.29, 1.82) is 0 Å². The number of aromatic nitrogens is 4. The van der Waals surface area contributed by atoms with Crippen molar-refractivity contribution in [3.8, 4) is 34.0 Å². The molecule has 0 amide bonds. The molecule has 1 fully saturated rings. The predicted molar refractivity (Wildman–Crippen MR) is 123 cm³/mol. The number of hydrogen-bond acceptors (Lipinski definition) is 8. The van der Waals surface area contributed by atoms with Gasteiger partial charge in [-0.1, -0.05) is 12.1 Å². The second-order valence-corrected chi connectivity index (χ2v) is 9.36. The van der Waals surface area contributed by atoms with Crippen molar-refractivity contribution in [3.05, 3.63) is 42.2 Å². The van der Waals surface area contributed by atoms with Crippen molar-refractivity contribution >= 4 is 5.95 Å². The van der Waals surface area contributed by atoms with Gasteiger partial charge >= 0.3 is 0 Å². The molecule has 1 atom stereocenters. The Labute approximate surface area is 188 Å². The van der Waals surface area contributed by atoms with Crippen molar-refractivity contribution in [2.75, 3.05) is 25.1 Å². The predicted octanol–water partition coefficient (Wildman–Crippen LogP) is 3.47. The zero-order valence-corrected chi connectivity index (χ0v) is 18.9. The van der Waals surface area contributed by atoms with E-state index in [0.717, 1.165) is 53.3 Å². The average molecular weight is 433 g/mol. The van der Waals surface area contributed by atoms with Gasteiger partial charge in [-0.2, -0.15) is 10.1 Å². The van der Waals surface area contributed by atoms with Crippen LogP contribution in [-0.4, -0.2) is 51.9 Å². The van der Waals surface area contributed by atoms with Crippen LogP contribution in [-0.2, 0) is 6.61 Å². The largest absolute Gasteiger partial charge is 0.480 e. The van der Waals surface area contributed by atoms with E-state index in [9.17, 15) is 0 Å². The fourth-order valence-electron chi connectivity index (χ4n) is 4.38. The molecule has 0 aliphatic carbocycles. The van der Waals surface area contributed by atoms with Crippen LogP contribution in [0.3, 0.4) is 0 Å². The van der Waals surface area contributed by atoms with Gasteiger partial charge in [0, 0.05) is 42.5 Å². The first-order chi connectivity index (χ1) is 15.4. The zero-order valence-electron chi connectivity index (χ0n) is 18.9. The Morgan fingerprint density at radius 3 is 2.81 bits per heavy atom. The number of rotatable bonds is 4.